The predicted molar refractivity (Wildman–Crippen MR) is 56.7 cm³/mol. The molecule has 0 bridgehead atoms. The summed E-state index contributed by atoms with van der Waals surface area (Å²) in [5.41, 5.74) is 1.13. The smallest absolute Gasteiger partial charge is 0.376 e. The van der Waals surface area contributed by atoms with Crippen molar-refractivity contribution in [1.29, 1.82) is 0 Å². The monoisotopic (exact) mass is 226 g/mol. The quantitative estimate of drug-likeness (QED) is 0.578. The normalized spacial score (nSPS) is 9.75. The Kier molecular flexibility index (Phi) is 4.13. The van der Waals surface area contributed by atoms with Crippen LogP contribution in [0.25, 0.3) is 0 Å². The molecule has 1 aromatic rings. The van der Waals surface area contributed by atoms with Crippen LogP contribution in [0.2, 0.25) is 0 Å². The molecule has 0 aliphatic rings. The molecule has 0 amide bonds. The van der Waals surface area contributed by atoms with Crippen molar-refractivity contribution in [2.24, 2.45) is 0 Å². The highest BCUT2D eigenvalue weighted by Gasteiger charge is 2.20. The van der Waals surface area contributed by atoms with Crippen LogP contribution in [0.15, 0.2) is 12.1 Å². The fourth-order valence-electron chi connectivity index (χ4n) is 1.40. The van der Waals surface area contributed by atoms with E-state index >= 15 is 0 Å². The Balaban J connectivity index is 3.24. The molecule has 0 aliphatic heterocycles. The predicted octanol–water partition coefficient (Wildman–Crippen LogP) is 1.73. The molecule has 5 nitrogen and oxygen atoms in total. The van der Waals surface area contributed by atoms with Gasteiger partial charge in [0.2, 0.25) is 0 Å². The van der Waals surface area contributed by atoms with Gasteiger partial charge in [0.15, 0.2) is 11.5 Å². The molecule has 0 heterocycles. The third kappa shape index (κ3) is 2.25. The first-order valence-electron chi connectivity index (χ1n) is 4.62. The van der Waals surface area contributed by atoms with Gasteiger partial charge in [0.25, 0.3) is 0 Å². The lowest BCUT2D eigenvalue weighted by atomic mass is 10.1. The highest BCUT2D eigenvalue weighted by atomic mass is 17.2. The van der Waals surface area contributed by atoms with E-state index in [2.05, 4.69) is 9.78 Å². The van der Waals surface area contributed by atoms with E-state index in [1.165, 1.54) is 21.3 Å². The van der Waals surface area contributed by atoms with Gasteiger partial charge in [-0.3, -0.25) is 4.89 Å². The molecule has 0 unspecified atom stereocenters. The maximum Gasteiger partial charge on any atom is 0.376 e. The van der Waals surface area contributed by atoms with Crippen molar-refractivity contribution in [2.45, 2.75) is 6.92 Å². The maximum absolute atomic E-state index is 11.5. The third-order valence-corrected chi connectivity index (χ3v) is 2.10. The van der Waals surface area contributed by atoms with E-state index < -0.39 is 5.97 Å². The van der Waals surface area contributed by atoms with Gasteiger partial charge < -0.3 is 9.47 Å². The molecular weight excluding hydrogens is 212 g/mol. The second-order valence-corrected chi connectivity index (χ2v) is 3.03. The highest BCUT2D eigenvalue weighted by Crippen LogP contribution is 2.34. The Morgan fingerprint density at radius 3 is 2.19 bits per heavy atom. The average Bonchev–Trinajstić information content (AvgIpc) is 2.28. The molecule has 88 valence electrons. The molecule has 0 aliphatic carbocycles. The van der Waals surface area contributed by atoms with Gasteiger partial charge in [-0.05, 0) is 18.6 Å². The first-order valence-corrected chi connectivity index (χ1v) is 4.62. The maximum atomic E-state index is 11.5. The van der Waals surface area contributed by atoms with Gasteiger partial charge in [0, 0.05) is 0 Å². The minimum absolute atomic E-state index is 0.256. The van der Waals surface area contributed by atoms with Gasteiger partial charge in [0.05, 0.1) is 21.3 Å². The number of aryl methyl sites for hydroxylation is 1. The Hall–Kier alpha value is -1.75. The first-order chi connectivity index (χ1) is 7.65. The summed E-state index contributed by atoms with van der Waals surface area (Å²) in [6, 6.07) is 3.34. The van der Waals surface area contributed by atoms with E-state index in [4.69, 9.17) is 9.47 Å². The first kappa shape index (κ1) is 12.3. The molecule has 0 spiro atoms. The molecule has 0 saturated carbocycles. The van der Waals surface area contributed by atoms with Crippen LogP contribution in [0.1, 0.15) is 15.9 Å². The largest absolute Gasteiger partial charge is 0.493 e. The molecule has 5 heteroatoms. The summed E-state index contributed by atoms with van der Waals surface area (Å²) in [7, 11) is 4.23. The summed E-state index contributed by atoms with van der Waals surface area (Å²) in [5.74, 6) is 0.218. The molecule has 0 N–H and O–H groups in total. The lowest BCUT2D eigenvalue weighted by molar-refractivity contribution is -0.216. The highest BCUT2D eigenvalue weighted by molar-refractivity contribution is 5.93. The minimum Gasteiger partial charge on any atom is -0.493 e. The van der Waals surface area contributed by atoms with Crippen LogP contribution in [0, 0.1) is 6.92 Å². The molecule has 16 heavy (non-hydrogen) atoms. The van der Waals surface area contributed by atoms with Crippen LogP contribution in [0.4, 0.5) is 0 Å². The number of ether oxygens (including phenoxy) is 2. The summed E-state index contributed by atoms with van der Waals surface area (Å²) in [5, 5.41) is 0. The van der Waals surface area contributed by atoms with Gasteiger partial charge in [-0.1, -0.05) is 6.07 Å². The number of hydrogen-bond acceptors (Lipinski definition) is 5. The molecule has 0 saturated heterocycles. The van der Waals surface area contributed by atoms with Crippen molar-refractivity contribution < 1.29 is 24.0 Å². The van der Waals surface area contributed by atoms with Crippen molar-refractivity contribution in [3.05, 3.63) is 23.3 Å². The molecule has 0 fully saturated rings. The zero-order chi connectivity index (χ0) is 12.1. The van der Waals surface area contributed by atoms with Crippen molar-refractivity contribution in [3.8, 4) is 11.5 Å². The number of methoxy groups -OCH3 is 2. The molecule has 0 aromatic heterocycles. The lowest BCUT2D eigenvalue weighted by Gasteiger charge is -2.13. The van der Waals surface area contributed by atoms with Crippen LogP contribution < -0.4 is 9.47 Å². The van der Waals surface area contributed by atoms with Crippen LogP contribution in [-0.2, 0) is 9.78 Å². The van der Waals surface area contributed by atoms with Crippen LogP contribution in [0.5, 0.6) is 11.5 Å². The van der Waals surface area contributed by atoms with E-state index in [1.54, 1.807) is 12.1 Å². The lowest BCUT2D eigenvalue weighted by Crippen LogP contribution is -2.07. The fourth-order valence-corrected chi connectivity index (χ4v) is 1.40. The number of benzene rings is 1. The van der Waals surface area contributed by atoms with E-state index in [1.807, 2.05) is 6.92 Å². The van der Waals surface area contributed by atoms with Gasteiger partial charge >= 0.3 is 5.97 Å². The number of rotatable bonds is 4. The van der Waals surface area contributed by atoms with Gasteiger partial charge in [-0.2, -0.15) is 4.89 Å². The van der Waals surface area contributed by atoms with E-state index in [-0.39, 0.29) is 5.56 Å². The zero-order valence-corrected chi connectivity index (χ0v) is 9.70. The summed E-state index contributed by atoms with van der Waals surface area (Å²) in [6.07, 6.45) is 0. The van der Waals surface area contributed by atoms with Crippen molar-refractivity contribution >= 4 is 5.97 Å². The summed E-state index contributed by atoms with van der Waals surface area (Å²) < 4.78 is 10.3. The minimum atomic E-state index is -0.627. The average molecular weight is 226 g/mol. The Morgan fingerprint density at radius 2 is 1.69 bits per heavy atom. The summed E-state index contributed by atoms with van der Waals surface area (Å²) in [4.78, 5) is 20.3. The van der Waals surface area contributed by atoms with E-state index in [0.717, 1.165) is 5.56 Å². The fraction of sp³-hybridized carbons (Fsp3) is 0.364. The van der Waals surface area contributed by atoms with Crippen molar-refractivity contribution in [1.82, 2.24) is 0 Å². The van der Waals surface area contributed by atoms with Crippen molar-refractivity contribution in [3.63, 3.8) is 0 Å². The van der Waals surface area contributed by atoms with E-state index in [0.29, 0.717) is 11.5 Å². The molecule has 0 radical (unpaired) electrons. The van der Waals surface area contributed by atoms with E-state index in [9.17, 15) is 4.79 Å². The SMILES string of the molecule is COOC(=O)c1ccc(C)c(OC)c1OC. The Labute approximate surface area is 93.8 Å². The molecule has 1 rings (SSSR count). The summed E-state index contributed by atoms with van der Waals surface area (Å²) in [6.45, 7) is 1.85. The van der Waals surface area contributed by atoms with Crippen molar-refractivity contribution in [2.75, 3.05) is 21.3 Å². The molecular formula is C11H14O5. The number of carbonyl (C=O) groups excluding carboxylic acids is 1. The molecule has 0 atom stereocenters. The summed E-state index contributed by atoms with van der Waals surface area (Å²) >= 11 is 0. The topological polar surface area (TPSA) is 54.0 Å². The van der Waals surface area contributed by atoms with Crippen LogP contribution in [-0.4, -0.2) is 27.3 Å². The van der Waals surface area contributed by atoms with Gasteiger partial charge in [-0.25, -0.2) is 4.79 Å². The van der Waals surface area contributed by atoms with Gasteiger partial charge in [-0.15, -0.1) is 0 Å². The second kappa shape index (κ2) is 5.37. The zero-order valence-electron chi connectivity index (χ0n) is 9.70. The molecule has 1 aromatic carbocycles. The van der Waals surface area contributed by atoms with Crippen LogP contribution in [0.3, 0.4) is 0 Å². The third-order valence-electron chi connectivity index (χ3n) is 2.10. The standard InChI is InChI=1S/C11H14O5/c1-7-5-6-8(11(12)16-15-4)10(14-3)9(7)13-2/h5-6H,1-4H3. The number of hydrogen-bond donors (Lipinski definition) is 0. The second-order valence-electron chi connectivity index (χ2n) is 3.03. The number of carbonyl (C=O) groups is 1. The Bertz CT molecular complexity index is 386. The van der Waals surface area contributed by atoms with Gasteiger partial charge in [0.1, 0.15) is 5.56 Å². The van der Waals surface area contributed by atoms with Crippen LogP contribution >= 0.6 is 0 Å². The Morgan fingerprint density at radius 1 is 1.06 bits per heavy atom.